The number of hydrogen-bond donors (Lipinski definition) is 2. The van der Waals surface area contributed by atoms with Crippen molar-refractivity contribution in [2.75, 3.05) is 18.9 Å². The lowest BCUT2D eigenvalue weighted by molar-refractivity contribution is -0.117. The molecule has 1 unspecified atom stereocenters. The highest BCUT2D eigenvalue weighted by Crippen LogP contribution is 2.34. The molecule has 2 aromatic rings. The minimum atomic E-state index is -3.73. The summed E-state index contributed by atoms with van der Waals surface area (Å²) in [6.07, 6.45) is 2.04. The smallest absolute Gasteiger partial charge is 0.238 e. The molecule has 0 aromatic heterocycles. The van der Waals surface area contributed by atoms with Crippen LogP contribution in [-0.4, -0.2) is 32.8 Å². The molecule has 3 rings (SSSR count). The topological polar surface area (TPSA) is 92.5 Å². The molecule has 3 N–H and O–H groups in total. The number of benzene rings is 2. The molecule has 0 spiro atoms. The lowest BCUT2D eigenvalue weighted by Crippen LogP contribution is -2.32. The van der Waals surface area contributed by atoms with Gasteiger partial charge < -0.3 is 5.32 Å². The van der Waals surface area contributed by atoms with Crippen LogP contribution >= 0.6 is 0 Å². The molecule has 0 saturated heterocycles. The number of nitrogens with one attached hydrogen (secondary N) is 1. The summed E-state index contributed by atoms with van der Waals surface area (Å²) in [5.74, 6) is -0.143. The summed E-state index contributed by atoms with van der Waals surface area (Å²) in [6.45, 7) is 0.260. The molecule has 0 bridgehead atoms. The fourth-order valence-electron chi connectivity index (χ4n) is 3.26. The first kappa shape index (κ1) is 17.6. The van der Waals surface area contributed by atoms with E-state index in [1.165, 1.54) is 35.4 Å². The predicted octanol–water partition coefficient (Wildman–Crippen LogP) is 1.89. The fourth-order valence-corrected chi connectivity index (χ4v) is 3.77. The number of aryl methyl sites for hydroxylation is 1. The molecule has 7 heteroatoms. The highest BCUT2D eigenvalue weighted by molar-refractivity contribution is 7.89. The van der Waals surface area contributed by atoms with E-state index in [9.17, 15) is 13.2 Å². The Balaban J connectivity index is 1.61. The normalized spacial score (nSPS) is 16.7. The zero-order chi connectivity index (χ0) is 18.0. The number of hydrogen-bond acceptors (Lipinski definition) is 4. The van der Waals surface area contributed by atoms with Crippen molar-refractivity contribution in [2.45, 2.75) is 23.8 Å². The lowest BCUT2D eigenvalue weighted by atomic mass is 10.1. The first-order valence-corrected chi connectivity index (χ1v) is 9.60. The van der Waals surface area contributed by atoms with Crippen molar-refractivity contribution < 1.29 is 13.2 Å². The van der Waals surface area contributed by atoms with Crippen LogP contribution in [0, 0.1) is 0 Å². The molecule has 132 valence electrons. The van der Waals surface area contributed by atoms with Gasteiger partial charge in [-0.05, 0) is 55.3 Å². The highest BCUT2D eigenvalue weighted by Gasteiger charge is 2.26. The number of anilines is 1. The number of nitrogens with zero attached hydrogens (tertiary/aromatic N) is 1. The minimum Gasteiger partial charge on any atom is -0.325 e. The van der Waals surface area contributed by atoms with Crippen LogP contribution in [0.3, 0.4) is 0 Å². The Bertz CT molecular complexity index is 879. The van der Waals surface area contributed by atoms with E-state index in [1.54, 1.807) is 0 Å². The number of carbonyl (C=O) groups excluding carboxylic acids is 1. The predicted molar refractivity (Wildman–Crippen MR) is 96.6 cm³/mol. The van der Waals surface area contributed by atoms with Crippen LogP contribution in [-0.2, 0) is 21.2 Å². The summed E-state index contributed by atoms with van der Waals surface area (Å²) in [5.41, 5.74) is 3.17. The van der Waals surface area contributed by atoms with Gasteiger partial charge in [-0.2, -0.15) is 0 Å². The molecule has 0 aliphatic heterocycles. The van der Waals surface area contributed by atoms with Crippen LogP contribution in [0.2, 0.25) is 0 Å². The summed E-state index contributed by atoms with van der Waals surface area (Å²) in [6, 6.07) is 14.4. The second kappa shape index (κ2) is 6.95. The molecule has 1 aliphatic rings. The zero-order valence-electron chi connectivity index (χ0n) is 14.0. The largest absolute Gasteiger partial charge is 0.325 e. The van der Waals surface area contributed by atoms with Crippen molar-refractivity contribution in [1.29, 1.82) is 0 Å². The Kier molecular flexibility index (Phi) is 4.89. The number of likely N-dealkylation sites (N-methyl/N-ethyl adjacent to an activating group) is 1. The van der Waals surface area contributed by atoms with Gasteiger partial charge in [-0.3, -0.25) is 9.69 Å². The van der Waals surface area contributed by atoms with E-state index in [2.05, 4.69) is 17.4 Å². The third kappa shape index (κ3) is 4.07. The van der Waals surface area contributed by atoms with Gasteiger partial charge in [0.2, 0.25) is 15.9 Å². The van der Waals surface area contributed by atoms with E-state index in [4.69, 9.17) is 5.14 Å². The van der Waals surface area contributed by atoms with Crippen molar-refractivity contribution >= 4 is 21.6 Å². The Morgan fingerprint density at radius 2 is 1.88 bits per heavy atom. The minimum absolute atomic E-state index is 0.0187. The molecule has 1 aliphatic carbocycles. The Hall–Kier alpha value is -2.22. The highest BCUT2D eigenvalue weighted by atomic mass is 32.2. The van der Waals surface area contributed by atoms with Gasteiger partial charge in [-0.1, -0.05) is 24.3 Å². The van der Waals surface area contributed by atoms with E-state index in [1.807, 2.05) is 24.1 Å². The molecule has 6 nitrogen and oxygen atoms in total. The molecule has 0 saturated carbocycles. The molecule has 1 amide bonds. The Labute approximate surface area is 147 Å². The number of nitrogens with two attached hydrogens (primary N) is 1. The van der Waals surface area contributed by atoms with Crippen LogP contribution in [0.25, 0.3) is 0 Å². The standard InChI is InChI=1S/C18H21N3O3S/c1-21(17-11-6-13-4-2-3-5-16(13)17)12-18(22)20-14-7-9-15(10-8-14)25(19,23)24/h2-5,7-10,17H,6,11-12H2,1H3,(H,20,22)(H2,19,23,24). The maximum absolute atomic E-state index is 12.3. The first-order valence-electron chi connectivity index (χ1n) is 8.05. The zero-order valence-corrected chi connectivity index (χ0v) is 14.8. The molecule has 0 heterocycles. The van der Waals surface area contributed by atoms with Crippen LogP contribution in [0.4, 0.5) is 5.69 Å². The number of rotatable bonds is 5. The SMILES string of the molecule is CN(CC(=O)Nc1ccc(S(N)(=O)=O)cc1)C1CCc2ccccc21. The van der Waals surface area contributed by atoms with Crippen LogP contribution < -0.4 is 10.5 Å². The van der Waals surface area contributed by atoms with E-state index < -0.39 is 10.0 Å². The average Bonchev–Trinajstić information content (AvgIpc) is 2.98. The van der Waals surface area contributed by atoms with Gasteiger partial charge in [0, 0.05) is 11.7 Å². The van der Waals surface area contributed by atoms with Crippen LogP contribution in [0.5, 0.6) is 0 Å². The van der Waals surface area contributed by atoms with Gasteiger partial charge in [0.05, 0.1) is 11.4 Å². The first-order chi connectivity index (χ1) is 11.8. The summed E-state index contributed by atoms with van der Waals surface area (Å²) in [4.78, 5) is 14.3. The molecule has 2 aromatic carbocycles. The third-order valence-corrected chi connectivity index (χ3v) is 5.42. The Morgan fingerprint density at radius 1 is 1.20 bits per heavy atom. The van der Waals surface area contributed by atoms with E-state index >= 15 is 0 Å². The molecular formula is C18H21N3O3S. The summed E-state index contributed by atoms with van der Waals surface area (Å²) >= 11 is 0. The van der Waals surface area contributed by atoms with Gasteiger partial charge in [0.25, 0.3) is 0 Å². The second-order valence-electron chi connectivity index (χ2n) is 6.29. The van der Waals surface area contributed by atoms with Gasteiger partial charge in [0.15, 0.2) is 0 Å². The van der Waals surface area contributed by atoms with Gasteiger partial charge in [-0.15, -0.1) is 0 Å². The third-order valence-electron chi connectivity index (χ3n) is 4.49. The van der Waals surface area contributed by atoms with Crippen molar-refractivity contribution in [1.82, 2.24) is 4.90 Å². The van der Waals surface area contributed by atoms with Crippen molar-refractivity contribution in [3.63, 3.8) is 0 Å². The van der Waals surface area contributed by atoms with Crippen LogP contribution in [0.1, 0.15) is 23.6 Å². The molecule has 25 heavy (non-hydrogen) atoms. The molecule has 1 atom stereocenters. The Morgan fingerprint density at radius 3 is 2.56 bits per heavy atom. The maximum atomic E-state index is 12.3. The summed E-state index contributed by atoms with van der Waals surface area (Å²) in [7, 11) is -1.79. The maximum Gasteiger partial charge on any atom is 0.238 e. The van der Waals surface area contributed by atoms with Gasteiger partial charge in [-0.25, -0.2) is 13.6 Å². The van der Waals surface area contributed by atoms with E-state index in [-0.39, 0.29) is 23.4 Å². The number of primary sulfonamides is 1. The van der Waals surface area contributed by atoms with Crippen LogP contribution in [0.15, 0.2) is 53.4 Å². The summed E-state index contributed by atoms with van der Waals surface area (Å²) < 4.78 is 22.5. The van der Waals surface area contributed by atoms with Crippen molar-refractivity contribution in [3.8, 4) is 0 Å². The number of amides is 1. The molecule has 0 fully saturated rings. The average molecular weight is 359 g/mol. The van der Waals surface area contributed by atoms with Crippen molar-refractivity contribution in [3.05, 3.63) is 59.7 Å². The monoisotopic (exact) mass is 359 g/mol. The molecular weight excluding hydrogens is 338 g/mol. The summed E-state index contributed by atoms with van der Waals surface area (Å²) in [5, 5.41) is 7.84. The van der Waals surface area contributed by atoms with Crippen molar-refractivity contribution in [2.24, 2.45) is 5.14 Å². The quantitative estimate of drug-likeness (QED) is 0.853. The fraction of sp³-hybridized carbons (Fsp3) is 0.278. The number of fused-ring (bicyclic) bond motifs is 1. The van der Waals surface area contributed by atoms with E-state index in [0.717, 1.165) is 12.8 Å². The number of carbonyl (C=O) groups is 1. The van der Waals surface area contributed by atoms with Gasteiger partial charge in [0.1, 0.15) is 0 Å². The van der Waals surface area contributed by atoms with E-state index in [0.29, 0.717) is 5.69 Å². The van der Waals surface area contributed by atoms with Gasteiger partial charge >= 0.3 is 0 Å². The molecule has 0 radical (unpaired) electrons. The second-order valence-corrected chi connectivity index (χ2v) is 7.85. The number of sulfonamides is 1. The lowest BCUT2D eigenvalue weighted by Gasteiger charge is -2.24.